The lowest BCUT2D eigenvalue weighted by atomic mass is 9.92. The molecule has 1 aliphatic rings. The number of ether oxygens (including phenoxy) is 1. The van der Waals surface area contributed by atoms with Crippen molar-refractivity contribution in [3.8, 4) is 5.75 Å². The van der Waals surface area contributed by atoms with E-state index in [1.54, 1.807) is 7.11 Å². The average Bonchev–Trinajstić information content (AvgIpc) is 2.33. The van der Waals surface area contributed by atoms with Crippen LogP contribution >= 0.6 is 0 Å². The van der Waals surface area contributed by atoms with E-state index >= 15 is 0 Å². The van der Waals surface area contributed by atoms with Gasteiger partial charge in [-0.05, 0) is 43.4 Å². The number of benzene rings is 1. The van der Waals surface area contributed by atoms with Gasteiger partial charge in [0, 0.05) is 6.04 Å². The molecule has 0 bridgehead atoms. The molecule has 0 aromatic heterocycles. The largest absolute Gasteiger partial charge is 0.496 e. The number of rotatable bonds is 3. The van der Waals surface area contributed by atoms with Gasteiger partial charge in [0.05, 0.1) is 7.11 Å². The Labute approximate surface area is 98.0 Å². The molecule has 16 heavy (non-hydrogen) atoms. The van der Waals surface area contributed by atoms with Crippen molar-refractivity contribution in [3.63, 3.8) is 0 Å². The summed E-state index contributed by atoms with van der Waals surface area (Å²) in [7, 11) is 1.75. The standard InChI is InChI=1S/C14H21NO/c1-11-7-8-13(15-10-11)9-12-5-3-4-6-14(12)16-2/h3-6,11,13,15H,7-10H2,1-2H3. The quantitative estimate of drug-likeness (QED) is 0.843. The molecule has 2 unspecified atom stereocenters. The van der Waals surface area contributed by atoms with Crippen LogP contribution in [0.3, 0.4) is 0 Å². The molecule has 0 saturated carbocycles. The third-order valence-corrected chi connectivity index (χ3v) is 3.42. The predicted octanol–water partition coefficient (Wildman–Crippen LogP) is 2.63. The van der Waals surface area contributed by atoms with Crippen molar-refractivity contribution in [2.45, 2.75) is 32.2 Å². The fraction of sp³-hybridized carbons (Fsp3) is 0.571. The van der Waals surface area contributed by atoms with Gasteiger partial charge in [-0.15, -0.1) is 0 Å². The zero-order chi connectivity index (χ0) is 11.4. The Morgan fingerprint density at radius 1 is 1.31 bits per heavy atom. The van der Waals surface area contributed by atoms with Crippen molar-refractivity contribution in [3.05, 3.63) is 29.8 Å². The molecule has 2 nitrogen and oxygen atoms in total. The van der Waals surface area contributed by atoms with Crippen LogP contribution < -0.4 is 10.1 Å². The Balaban J connectivity index is 1.98. The Hall–Kier alpha value is -1.02. The second-order valence-corrected chi connectivity index (χ2v) is 4.80. The maximum Gasteiger partial charge on any atom is 0.122 e. The predicted molar refractivity (Wildman–Crippen MR) is 66.9 cm³/mol. The number of para-hydroxylation sites is 1. The number of nitrogens with one attached hydrogen (secondary N) is 1. The highest BCUT2D eigenvalue weighted by Gasteiger charge is 2.18. The maximum absolute atomic E-state index is 5.38. The summed E-state index contributed by atoms with van der Waals surface area (Å²) < 4.78 is 5.38. The molecule has 1 fully saturated rings. The second-order valence-electron chi connectivity index (χ2n) is 4.80. The van der Waals surface area contributed by atoms with Gasteiger partial charge < -0.3 is 10.1 Å². The highest BCUT2D eigenvalue weighted by atomic mass is 16.5. The molecule has 2 heteroatoms. The van der Waals surface area contributed by atoms with E-state index in [4.69, 9.17) is 4.74 Å². The minimum atomic E-state index is 0.618. The van der Waals surface area contributed by atoms with Gasteiger partial charge in [-0.3, -0.25) is 0 Å². The summed E-state index contributed by atoms with van der Waals surface area (Å²) in [5, 5.41) is 3.61. The molecule has 0 spiro atoms. The first-order valence-electron chi connectivity index (χ1n) is 6.15. The molecular formula is C14H21NO. The van der Waals surface area contributed by atoms with Crippen LogP contribution in [0.5, 0.6) is 5.75 Å². The minimum absolute atomic E-state index is 0.618. The van der Waals surface area contributed by atoms with Crippen LogP contribution in [0.25, 0.3) is 0 Å². The van der Waals surface area contributed by atoms with Gasteiger partial charge in [-0.2, -0.15) is 0 Å². The van der Waals surface area contributed by atoms with Crippen molar-refractivity contribution >= 4 is 0 Å². The molecule has 88 valence electrons. The molecule has 1 aromatic rings. The fourth-order valence-electron chi connectivity index (χ4n) is 2.37. The van der Waals surface area contributed by atoms with Gasteiger partial charge in [0.25, 0.3) is 0 Å². The summed E-state index contributed by atoms with van der Waals surface area (Å²) in [6, 6.07) is 8.94. The monoisotopic (exact) mass is 219 g/mol. The second kappa shape index (κ2) is 5.35. The zero-order valence-electron chi connectivity index (χ0n) is 10.2. The lowest BCUT2D eigenvalue weighted by Crippen LogP contribution is -2.39. The molecule has 2 rings (SSSR count). The van der Waals surface area contributed by atoms with Crippen LogP contribution in [0.2, 0.25) is 0 Å². The third-order valence-electron chi connectivity index (χ3n) is 3.42. The van der Waals surface area contributed by atoms with Crippen LogP contribution in [-0.2, 0) is 6.42 Å². The summed E-state index contributed by atoms with van der Waals surface area (Å²) in [5.41, 5.74) is 1.32. The average molecular weight is 219 g/mol. The normalized spacial score (nSPS) is 25.4. The van der Waals surface area contributed by atoms with E-state index in [1.165, 1.54) is 18.4 Å². The van der Waals surface area contributed by atoms with Gasteiger partial charge in [-0.1, -0.05) is 25.1 Å². The summed E-state index contributed by atoms with van der Waals surface area (Å²) in [5.74, 6) is 1.84. The SMILES string of the molecule is COc1ccccc1CC1CCC(C)CN1. The van der Waals surface area contributed by atoms with Gasteiger partial charge >= 0.3 is 0 Å². The molecule has 1 aromatic carbocycles. The van der Waals surface area contributed by atoms with Crippen LogP contribution in [0.15, 0.2) is 24.3 Å². The van der Waals surface area contributed by atoms with Gasteiger partial charge in [0.1, 0.15) is 5.75 Å². The number of piperidine rings is 1. The minimum Gasteiger partial charge on any atom is -0.496 e. The molecule has 1 N–H and O–H groups in total. The highest BCUT2D eigenvalue weighted by Crippen LogP contribution is 2.22. The Bertz CT molecular complexity index is 329. The Kier molecular flexibility index (Phi) is 3.83. The fourth-order valence-corrected chi connectivity index (χ4v) is 2.37. The first-order valence-corrected chi connectivity index (χ1v) is 6.15. The van der Waals surface area contributed by atoms with Crippen molar-refractivity contribution < 1.29 is 4.74 Å². The van der Waals surface area contributed by atoms with Crippen LogP contribution in [0, 0.1) is 5.92 Å². The van der Waals surface area contributed by atoms with E-state index in [9.17, 15) is 0 Å². The summed E-state index contributed by atoms with van der Waals surface area (Å²) in [6.45, 7) is 3.46. The van der Waals surface area contributed by atoms with Gasteiger partial charge in [-0.25, -0.2) is 0 Å². The van der Waals surface area contributed by atoms with Crippen LogP contribution in [0.4, 0.5) is 0 Å². The van der Waals surface area contributed by atoms with E-state index in [1.807, 2.05) is 12.1 Å². The smallest absolute Gasteiger partial charge is 0.122 e. The van der Waals surface area contributed by atoms with Crippen molar-refractivity contribution in [1.82, 2.24) is 5.32 Å². The van der Waals surface area contributed by atoms with E-state index in [0.717, 1.165) is 24.6 Å². The van der Waals surface area contributed by atoms with Crippen molar-refractivity contribution in [2.24, 2.45) is 5.92 Å². The molecule has 1 saturated heterocycles. The first kappa shape index (κ1) is 11.5. The Morgan fingerprint density at radius 3 is 2.81 bits per heavy atom. The first-order chi connectivity index (χ1) is 7.79. The summed E-state index contributed by atoms with van der Waals surface area (Å²) in [6.07, 6.45) is 3.70. The van der Waals surface area contributed by atoms with Crippen LogP contribution in [-0.4, -0.2) is 19.7 Å². The number of methoxy groups -OCH3 is 1. The van der Waals surface area contributed by atoms with E-state index in [-0.39, 0.29) is 0 Å². The lowest BCUT2D eigenvalue weighted by molar-refractivity contribution is 0.323. The molecule has 0 radical (unpaired) electrons. The maximum atomic E-state index is 5.38. The molecule has 1 heterocycles. The van der Waals surface area contributed by atoms with Gasteiger partial charge in [0.2, 0.25) is 0 Å². The number of hydrogen-bond donors (Lipinski definition) is 1. The molecular weight excluding hydrogens is 198 g/mol. The van der Waals surface area contributed by atoms with E-state index < -0.39 is 0 Å². The molecule has 2 atom stereocenters. The molecule has 0 aliphatic carbocycles. The van der Waals surface area contributed by atoms with Gasteiger partial charge in [0.15, 0.2) is 0 Å². The van der Waals surface area contributed by atoms with E-state index in [0.29, 0.717) is 6.04 Å². The molecule has 0 amide bonds. The summed E-state index contributed by atoms with van der Waals surface area (Å²) in [4.78, 5) is 0. The summed E-state index contributed by atoms with van der Waals surface area (Å²) >= 11 is 0. The lowest BCUT2D eigenvalue weighted by Gasteiger charge is -2.28. The third kappa shape index (κ3) is 2.76. The number of hydrogen-bond acceptors (Lipinski definition) is 2. The molecule has 1 aliphatic heterocycles. The zero-order valence-corrected chi connectivity index (χ0v) is 10.2. The Morgan fingerprint density at radius 2 is 2.12 bits per heavy atom. The van der Waals surface area contributed by atoms with E-state index in [2.05, 4.69) is 24.4 Å². The van der Waals surface area contributed by atoms with Crippen molar-refractivity contribution in [1.29, 1.82) is 0 Å². The van der Waals surface area contributed by atoms with Crippen LogP contribution in [0.1, 0.15) is 25.3 Å². The topological polar surface area (TPSA) is 21.3 Å². The van der Waals surface area contributed by atoms with Crippen molar-refractivity contribution in [2.75, 3.05) is 13.7 Å². The highest BCUT2D eigenvalue weighted by molar-refractivity contribution is 5.33.